The molecule has 0 heterocycles. The maximum Gasteiger partial charge on any atom is 0.294 e. The van der Waals surface area contributed by atoms with E-state index in [0.717, 1.165) is 24.0 Å². The van der Waals surface area contributed by atoms with Gasteiger partial charge in [-0.15, -0.1) is 0 Å². The van der Waals surface area contributed by atoms with Crippen molar-refractivity contribution >= 4 is 22.0 Å². The summed E-state index contributed by atoms with van der Waals surface area (Å²) in [4.78, 5) is 12.6. The number of fused-ring (bicyclic) bond motifs is 2. The van der Waals surface area contributed by atoms with Crippen LogP contribution in [0.25, 0.3) is 6.08 Å². The average Bonchev–Trinajstić information content (AvgIpc) is 2.73. The van der Waals surface area contributed by atoms with Gasteiger partial charge in [0.15, 0.2) is 5.78 Å². The summed E-state index contributed by atoms with van der Waals surface area (Å²) in [5, 5.41) is 0. The molecule has 2 bridgehead atoms. The molecular weight excluding hydrogens is 300 g/mol. The van der Waals surface area contributed by atoms with Gasteiger partial charge in [0.1, 0.15) is 0 Å². The minimum Gasteiger partial charge on any atom is -0.294 e. The lowest BCUT2D eigenvalue weighted by molar-refractivity contribution is -0.125. The first-order valence-electron chi connectivity index (χ1n) is 7.41. The zero-order chi connectivity index (χ0) is 16.3. The van der Waals surface area contributed by atoms with Crippen molar-refractivity contribution in [3.8, 4) is 0 Å². The molecule has 1 aromatic rings. The van der Waals surface area contributed by atoms with Crippen LogP contribution >= 0.6 is 0 Å². The van der Waals surface area contributed by atoms with Crippen molar-refractivity contribution in [3.05, 3.63) is 35.4 Å². The highest BCUT2D eigenvalue weighted by Gasteiger charge is 2.63. The van der Waals surface area contributed by atoms with Crippen molar-refractivity contribution in [1.29, 1.82) is 0 Å². The lowest BCUT2D eigenvalue weighted by atomic mass is 9.70. The van der Waals surface area contributed by atoms with Gasteiger partial charge in [0, 0.05) is 5.41 Å². The largest absolute Gasteiger partial charge is 0.294 e. The fraction of sp³-hybridized carbons (Fsp3) is 0.471. The predicted octanol–water partition coefficient (Wildman–Crippen LogP) is 3.34. The van der Waals surface area contributed by atoms with E-state index in [-0.39, 0.29) is 27.4 Å². The van der Waals surface area contributed by atoms with E-state index in [9.17, 15) is 13.2 Å². The lowest BCUT2D eigenvalue weighted by Crippen LogP contribution is -2.32. The van der Waals surface area contributed by atoms with Crippen LogP contribution in [0.4, 0.5) is 0 Å². The Morgan fingerprint density at radius 2 is 1.77 bits per heavy atom. The highest BCUT2D eigenvalue weighted by molar-refractivity contribution is 7.85. The third-order valence-corrected chi connectivity index (χ3v) is 6.73. The molecule has 2 atom stereocenters. The molecule has 0 amide bonds. The molecule has 1 aromatic carbocycles. The van der Waals surface area contributed by atoms with Gasteiger partial charge in [-0.05, 0) is 53.5 Å². The van der Waals surface area contributed by atoms with Crippen LogP contribution < -0.4 is 0 Å². The normalized spacial score (nSPS) is 31.9. The fourth-order valence-corrected chi connectivity index (χ4v) is 4.49. The SMILES string of the molecule is CC1(C)[C@@H]2CC[C@]1(C)C(=O)C2=Cc1ccc(S(=O)(=O)O)cc1. The minimum absolute atomic E-state index is 0.0374. The fourth-order valence-electron chi connectivity index (χ4n) is 4.01. The molecule has 0 spiro atoms. The number of allylic oxidation sites excluding steroid dienone is 1. The zero-order valence-electron chi connectivity index (χ0n) is 13.0. The van der Waals surface area contributed by atoms with Gasteiger partial charge in [0.05, 0.1) is 4.90 Å². The molecule has 22 heavy (non-hydrogen) atoms. The summed E-state index contributed by atoms with van der Waals surface area (Å²) in [6.07, 6.45) is 3.82. The first-order chi connectivity index (χ1) is 10.1. The van der Waals surface area contributed by atoms with Crippen LogP contribution in [0.3, 0.4) is 0 Å². The van der Waals surface area contributed by atoms with Gasteiger partial charge < -0.3 is 0 Å². The van der Waals surface area contributed by atoms with Crippen LogP contribution in [0.5, 0.6) is 0 Å². The summed E-state index contributed by atoms with van der Waals surface area (Å²) in [6.45, 7) is 6.37. The Hall–Kier alpha value is -1.46. The van der Waals surface area contributed by atoms with Gasteiger partial charge in [0.25, 0.3) is 10.1 Å². The van der Waals surface area contributed by atoms with Crippen molar-refractivity contribution in [3.63, 3.8) is 0 Å². The Bertz CT molecular complexity index is 771. The molecule has 2 saturated carbocycles. The number of benzene rings is 1. The lowest BCUT2D eigenvalue weighted by Gasteiger charge is -2.31. The topological polar surface area (TPSA) is 71.4 Å². The Morgan fingerprint density at radius 1 is 1.18 bits per heavy atom. The van der Waals surface area contributed by atoms with Crippen molar-refractivity contribution in [2.75, 3.05) is 0 Å². The number of carbonyl (C=O) groups excluding carboxylic acids is 1. The number of rotatable bonds is 2. The van der Waals surface area contributed by atoms with Gasteiger partial charge in [-0.25, -0.2) is 0 Å². The molecule has 4 nitrogen and oxygen atoms in total. The summed E-state index contributed by atoms with van der Waals surface area (Å²) in [5.74, 6) is 0.471. The number of carbonyl (C=O) groups is 1. The van der Waals surface area contributed by atoms with Crippen molar-refractivity contribution in [2.24, 2.45) is 16.7 Å². The second-order valence-corrected chi connectivity index (χ2v) is 8.54. The minimum atomic E-state index is -4.18. The van der Waals surface area contributed by atoms with E-state index in [1.165, 1.54) is 12.1 Å². The van der Waals surface area contributed by atoms with Gasteiger partial charge in [-0.1, -0.05) is 32.9 Å². The number of hydrogen-bond donors (Lipinski definition) is 1. The standard InChI is InChI=1S/C17H20O4S/c1-16(2)14-8-9-17(16,3)15(18)13(14)10-11-4-6-12(7-5-11)22(19,20)21/h4-7,10,14H,8-9H2,1-3H3,(H,19,20,21)/t14-,17-/m1/s1. The molecule has 0 saturated heterocycles. The van der Waals surface area contributed by atoms with Crippen LogP contribution in [0.1, 0.15) is 39.2 Å². The maximum atomic E-state index is 12.7. The van der Waals surface area contributed by atoms with Crippen LogP contribution in [0.15, 0.2) is 34.7 Å². The quantitative estimate of drug-likeness (QED) is 0.670. The highest BCUT2D eigenvalue weighted by Crippen LogP contribution is 2.65. The van der Waals surface area contributed by atoms with Crippen LogP contribution in [-0.2, 0) is 14.9 Å². The molecule has 0 radical (unpaired) electrons. The highest BCUT2D eigenvalue weighted by atomic mass is 32.2. The summed E-state index contributed by atoms with van der Waals surface area (Å²) < 4.78 is 31.1. The zero-order valence-corrected chi connectivity index (χ0v) is 13.8. The first kappa shape index (κ1) is 15.4. The molecule has 2 aliphatic rings. The smallest absolute Gasteiger partial charge is 0.294 e. The first-order valence-corrected chi connectivity index (χ1v) is 8.85. The molecule has 3 rings (SSSR count). The van der Waals surface area contributed by atoms with Crippen molar-refractivity contribution in [1.82, 2.24) is 0 Å². The second kappa shape index (κ2) is 4.52. The molecule has 0 unspecified atom stereocenters. The van der Waals surface area contributed by atoms with Gasteiger partial charge in [0.2, 0.25) is 0 Å². The van der Waals surface area contributed by atoms with E-state index >= 15 is 0 Å². The Balaban J connectivity index is 1.99. The summed E-state index contributed by atoms with van der Waals surface area (Å²) in [7, 11) is -4.18. The van der Waals surface area contributed by atoms with Crippen LogP contribution in [0.2, 0.25) is 0 Å². The van der Waals surface area contributed by atoms with Gasteiger partial charge in [-0.2, -0.15) is 8.42 Å². The second-order valence-electron chi connectivity index (χ2n) is 7.12. The molecule has 5 heteroatoms. The van der Waals surface area contributed by atoms with E-state index in [1.807, 2.05) is 6.08 Å². The summed E-state index contributed by atoms with van der Waals surface area (Å²) in [6, 6.07) is 5.94. The molecule has 2 aliphatic carbocycles. The van der Waals surface area contributed by atoms with Crippen molar-refractivity contribution < 1.29 is 17.8 Å². The number of ketones is 1. The Kier molecular flexibility index (Phi) is 3.17. The van der Waals surface area contributed by atoms with Crippen LogP contribution in [-0.4, -0.2) is 18.8 Å². The van der Waals surface area contributed by atoms with Gasteiger partial charge in [-0.3, -0.25) is 9.35 Å². The molecule has 2 fully saturated rings. The molecule has 0 aliphatic heterocycles. The molecule has 1 N–H and O–H groups in total. The number of hydrogen-bond acceptors (Lipinski definition) is 3. The maximum absolute atomic E-state index is 12.7. The molecule has 118 valence electrons. The van der Waals surface area contributed by atoms with Gasteiger partial charge >= 0.3 is 0 Å². The average molecular weight is 320 g/mol. The van der Waals surface area contributed by atoms with E-state index in [4.69, 9.17) is 4.55 Å². The van der Waals surface area contributed by atoms with E-state index in [1.54, 1.807) is 12.1 Å². The summed E-state index contributed by atoms with van der Waals surface area (Å²) in [5.41, 5.74) is 1.29. The monoisotopic (exact) mass is 320 g/mol. The van der Waals surface area contributed by atoms with E-state index in [0.29, 0.717) is 0 Å². The summed E-state index contributed by atoms with van der Waals surface area (Å²) >= 11 is 0. The van der Waals surface area contributed by atoms with E-state index < -0.39 is 10.1 Å². The number of Topliss-reactive ketones (excluding diaryl/α,β-unsaturated/α-hetero) is 1. The Morgan fingerprint density at radius 3 is 2.23 bits per heavy atom. The Labute approximate surface area is 131 Å². The van der Waals surface area contributed by atoms with Crippen LogP contribution in [0, 0.1) is 16.7 Å². The van der Waals surface area contributed by atoms with Crippen molar-refractivity contribution in [2.45, 2.75) is 38.5 Å². The molecular formula is C17H20O4S. The van der Waals surface area contributed by atoms with E-state index in [2.05, 4.69) is 20.8 Å². The predicted molar refractivity (Wildman–Crippen MR) is 83.9 cm³/mol. The molecule has 0 aromatic heterocycles. The third-order valence-electron chi connectivity index (χ3n) is 5.87. The third kappa shape index (κ3) is 1.99.